The maximum Gasteiger partial charge on any atom is 0.317 e. The second-order valence-electron chi connectivity index (χ2n) is 5.78. The molecule has 1 aromatic heterocycles. The Bertz CT molecular complexity index is 727. The van der Waals surface area contributed by atoms with Crippen LogP contribution in [0.2, 0.25) is 0 Å². The minimum atomic E-state index is -0.126. The number of benzene rings is 1. The zero-order valence-electron chi connectivity index (χ0n) is 14.4. The van der Waals surface area contributed by atoms with E-state index in [0.717, 1.165) is 16.1 Å². The molecule has 0 aliphatic rings. The van der Waals surface area contributed by atoms with Crippen molar-refractivity contribution in [2.75, 3.05) is 12.4 Å². The summed E-state index contributed by atoms with van der Waals surface area (Å²) < 4.78 is 0. The lowest BCUT2D eigenvalue weighted by Crippen LogP contribution is -2.38. The predicted octanol–water partition coefficient (Wildman–Crippen LogP) is 3.92. The van der Waals surface area contributed by atoms with Crippen LogP contribution in [0, 0.1) is 6.92 Å². The molecule has 2 aromatic rings. The van der Waals surface area contributed by atoms with Gasteiger partial charge in [-0.15, -0.1) is 11.3 Å². The van der Waals surface area contributed by atoms with Crippen LogP contribution in [0.15, 0.2) is 36.4 Å². The molecule has 0 aliphatic heterocycles. The molecule has 2 N–H and O–H groups in total. The number of thiophene rings is 1. The highest BCUT2D eigenvalue weighted by Gasteiger charge is 2.18. The number of urea groups is 1. The second kappa shape index (κ2) is 7.97. The molecule has 0 bridgehead atoms. The number of anilines is 1. The summed E-state index contributed by atoms with van der Waals surface area (Å²) in [5, 5.41) is 5.65. The van der Waals surface area contributed by atoms with Gasteiger partial charge in [0.1, 0.15) is 0 Å². The molecule has 24 heavy (non-hydrogen) atoms. The molecule has 1 aromatic carbocycles. The molecular weight excluding hydrogens is 322 g/mol. The number of carbonyl (C=O) groups excluding carboxylic acids is 2. The van der Waals surface area contributed by atoms with E-state index in [2.05, 4.69) is 29.7 Å². The van der Waals surface area contributed by atoms with Gasteiger partial charge in [-0.25, -0.2) is 4.79 Å². The quantitative estimate of drug-likeness (QED) is 0.863. The first-order valence-corrected chi connectivity index (χ1v) is 8.62. The van der Waals surface area contributed by atoms with Crippen LogP contribution in [0.3, 0.4) is 0 Å². The van der Waals surface area contributed by atoms with Crippen molar-refractivity contribution in [2.24, 2.45) is 0 Å². The third kappa shape index (κ3) is 4.83. The highest BCUT2D eigenvalue weighted by Crippen LogP contribution is 2.26. The minimum Gasteiger partial charge on any atom is -0.334 e. The molecule has 0 radical (unpaired) electrons. The average Bonchev–Trinajstić information content (AvgIpc) is 2.97. The summed E-state index contributed by atoms with van der Waals surface area (Å²) >= 11 is 1.70. The zero-order chi connectivity index (χ0) is 17.7. The van der Waals surface area contributed by atoms with Gasteiger partial charge in [-0.2, -0.15) is 0 Å². The van der Waals surface area contributed by atoms with E-state index in [1.165, 1.54) is 11.8 Å². The SMILES string of the molecule is CC(=O)Nc1cccc(CNC(=O)N(C)[C@@H](C)c2ccc(C)s2)c1. The first-order valence-electron chi connectivity index (χ1n) is 7.80. The Morgan fingerprint density at radius 2 is 2.00 bits per heavy atom. The van der Waals surface area contributed by atoms with Crippen molar-refractivity contribution >= 4 is 29.0 Å². The van der Waals surface area contributed by atoms with Gasteiger partial charge < -0.3 is 15.5 Å². The molecule has 1 atom stereocenters. The van der Waals surface area contributed by atoms with E-state index in [0.29, 0.717) is 6.54 Å². The van der Waals surface area contributed by atoms with Crippen LogP contribution in [-0.2, 0) is 11.3 Å². The Kier molecular flexibility index (Phi) is 5.98. The smallest absolute Gasteiger partial charge is 0.317 e. The molecule has 5 nitrogen and oxygen atoms in total. The van der Waals surface area contributed by atoms with Crippen molar-refractivity contribution in [3.05, 3.63) is 51.7 Å². The van der Waals surface area contributed by atoms with Crippen molar-refractivity contribution in [1.29, 1.82) is 0 Å². The molecular formula is C18H23N3O2S. The average molecular weight is 345 g/mol. The van der Waals surface area contributed by atoms with Gasteiger partial charge in [-0.1, -0.05) is 12.1 Å². The fourth-order valence-corrected chi connectivity index (χ4v) is 3.28. The summed E-state index contributed by atoms with van der Waals surface area (Å²) in [4.78, 5) is 27.6. The van der Waals surface area contributed by atoms with Crippen molar-refractivity contribution < 1.29 is 9.59 Å². The number of amides is 3. The third-order valence-electron chi connectivity index (χ3n) is 3.77. The highest BCUT2D eigenvalue weighted by atomic mass is 32.1. The van der Waals surface area contributed by atoms with Gasteiger partial charge in [-0.05, 0) is 43.7 Å². The fourth-order valence-electron chi connectivity index (χ4n) is 2.31. The van der Waals surface area contributed by atoms with E-state index in [1.807, 2.05) is 31.2 Å². The largest absolute Gasteiger partial charge is 0.334 e. The van der Waals surface area contributed by atoms with Gasteiger partial charge in [0.25, 0.3) is 0 Å². The number of hydrogen-bond acceptors (Lipinski definition) is 3. The summed E-state index contributed by atoms with van der Waals surface area (Å²) in [7, 11) is 1.79. The maximum atomic E-state index is 12.4. The van der Waals surface area contributed by atoms with E-state index >= 15 is 0 Å². The zero-order valence-corrected chi connectivity index (χ0v) is 15.2. The molecule has 2 rings (SSSR count). The lowest BCUT2D eigenvalue weighted by atomic mass is 10.2. The summed E-state index contributed by atoms with van der Waals surface area (Å²) in [6.45, 7) is 5.95. The molecule has 128 valence electrons. The molecule has 6 heteroatoms. The molecule has 3 amide bonds. The Morgan fingerprint density at radius 1 is 1.25 bits per heavy atom. The molecule has 0 fully saturated rings. The molecule has 0 spiro atoms. The van der Waals surface area contributed by atoms with Crippen LogP contribution in [0.25, 0.3) is 0 Å². The summed E-state index contributed by atoms with van der Waals surface area (Å²) in [6, 6.07) is 11.5. The molecule has 0 unspecified atom stereocenters. The highest BCUT2D eigenvalue weighted by molar-refractivity contribution is 7.12. The molecule has 1 heterocycles. The summed E-state index contributed by atoms with van der Waals surface area (Å²) in [5.41, 5.74) is 1.66. The monoisotopic (exact) mass is 345 g/mol. The van der Waals surface area contributed by atoms with Crippen LogP contribution in [0.4, 0.5) is 10.5 Å². The predicted molar refractivity (Wildman–Crippen MR) is 98.2 cm³/mol. The van der Waals surface area contributed by atoms with Crippen LogP contribution < -0.4 is 10.6 Å². The maximum absolute atomic E-state index is 12.4. The number of carbonyl (C=O) groups is 2. The van der Waals surface area contributed by atoms with Crippen LogP contribution in [-0.4, -0.2) is 23.9 Å². The fraction of sp³-hybridized carbons (Fsp3) is 0.333. The van der Waals surface area contributed by atoms with Crippen LogP contribution in [0.1, 0.15) is 35.2 Å². The van der Waals surface area contributed by atoms with E-state index in [4.69, 9.17) is 0 Å². The molecule has 0 saturated carbocycles. The van der Waals surface area contributed by atoms with Crippen LogP contribution >= 0.6 is 11.3 Å². The summed E-state index contributed by atoms with van der Waals surface area (Å²) in [5.74, 6) is -0.115. The van der Waals surface area contributed by atoms with Gasteiger partial charge in [0.05, 0.1) is 6.04 Å². The Hall–Kier alpha value is -2.34. The number of rotatable bonds is 5. The Morgan fingerprint density at radius 3 is 2.62 bits per heavy atom. The lowest BCUT2D eigenvalue weighted by molar-refractivity contribution is -0.114. The number of nitrogens with zero attached hydrogens (tertiary/aromatic N) is 1. The van der Waals surface area contributed by atoms with Gasteiger partial charge in [0, 0.05) is 36.0 Å². The van der Waals surface area contributed by atoms with Gasteiger partial charge in [-0.3, -0.25) is 4.79 Å². The van der Waals surface area contributed by atoms with E-state index in [-0.39, 0.29) is 18.0 Å². The number of nitrogens with one attached hydrogen (secondary N) is 2. The Balaban J connectivity index is 1.93. The van der Waals surface area contributed by atoms with E-state index < -0.39 is 0 Å². The van der Waals surface area contributed by atoms with Crippen LogP contribution in [0.5, 0.6) is 0 Å². The normalized spacial score (nSPS) is 11.7. The Labute approximate surface area is 146 Å². The second-order valence-corrected chi connectivity index (χ2v) is 7.10. The van der Waals surface area contributed by atoms with Crippen molar-refractivity contribution in [2.45, 2.75) is 33.4 Å². The lowest BCUT2D eigenvalue weighted by Gasteiger charge is -2.24. The van der Waals surface area contributed by atoms with Crippen molar-refractivity contribution in [3.8, 4) is 0 Å². The van der Waals surface area contributed by atoms with E-state index in [9.17, 15) is 9.59 Å². The minimum absolute atomic E-state index is 0.0226. The van der Waals surface area contributed by atoms with Crippen molar-refractivity contribution in [3.63, 3.8) is 0 Å². The van der Waals surface area contributed by atoms with Gasteiger partial charge in [0.2, 0.25) is 5.91 Å². The first kappa shape index (κ1) is 18.0. The third-order valence-corrected chi connectivity index (χ3v) is 4.94. The molecule has 0 aliphatic carbocycles. The van der Waals surface area contributed by atoms with Gasteiger partial charge in [0.15, 0.2) is 0 Å². The topological polar surface area (TPSA) is 61.4 Å². The number of hydrogen-bond donors (Lipinski definition) is 2. The number of aryl methyl sites for hydroxylation is 1. The molecule has 0 saturated heterocycles. The first-order chi connectivity index (χ1) is 11.4. The summed E-state index contributed by atoms with van der Waals surface area (Å²) in [6.07, 6.45) is 0. The standard InChI is InChI=1S/C18H23N3O2S/c1-12-8-9-17(24-12)13(2)21(4)18(23)19-11-15-6-5-7-16(10-15)20-14(3)22/h5-10,13H,11H2,1-4H3,(H,19,23)(H,20,22)/t13-/m0/s1. The van der Waals surface area contributed by atoms with E-state index in [1.54, 1.807) is 23.3 Å². The van der Waals surface area contributed by atoms with Crippen molar-refractivity contribution in [1.82, 2.24) is 10.2 Å². The van der Waals surface area contributed by atoms with Gasteiger partial charge >= 0.3 is 6.03 Å².